The number of hydrogen-bond donors (Lipinski definition) is 1. The lowest BCUT2D eigenvalue weighted by atomic mass is 9.68. The molecule has 3 heterocycles. The molecule has 2 amide bonds. The lowest BCUT2D eigenvalue weighted by Crippen LogP contribution is -2.57. The number of hydrogen-bond acceptors (Lipinski definition) is 6. The summed E-state index contributed by atoms with van der Waals surface area (Å²) < 4.78 is 25.0. The quantitative estimate of drug-likeness (QED) is 0.497. The maximum absolute atomic E-state index is 12.8. The van der Waals surface area contributed by atoms with Crippen molar-refractivity contribution in [2.75, 3.05) is 26.7 Å². The first kappa shape index (κ1) is 28.3. The van der Waals surface area contributed by atoms with Gasteiger partial charge in [0, 0.05) is 43.6 Å². The molecule has 0 bridgehead atoms. The van der Waals surface area contributed by atoms with Crippen molar-refractivity contribution in [2.24, 2.45) is 11.8 Å². The zero-order chi connectivity index (χ0) is 27.7. The number of piperidine rings is 1. The number of carbonyl (C=O) groups excluding carboxylic acids is 2. The minimum Gasteiger partial charge on any atom is -0.487 e. The molecule has 8 nitrogen and oxygen atoms in total. The average molecular weight is 529 g/mol. The molecule has 38 heavy (non-hydrogen) atoms. The molecular weight excluding hydrogens is 484 g/mol. The molecule has 210 valence electrons. The Labute approximate surface area is 227 Å². The molecule has 1 aromatic carbocycles. The lowest BCUT2D eigenvalue weighted by Gasteiger charge is -2.54. The Balaban J connectivity index is 1.58. The van der Waals surface area contributed by atoms with E-state index in [4.69, 9.17) is 18.9 Å². The Bertz CT molecular complexity index is 1060. The first-order valence-corrected chi connectivity index (χ1v) is 13.8. The second kappa shape index (κ2) is 11.2. The number of carbonyl (C=O) groups is 2. The zero-order valence-corrected chi connectivity index (χ0v) is 24.0. The topological polar surface area (TPSA) is 86.3 Å². The number of likely N-dealkylation sites (tertiary alicyclic amines) is 1. The third-order valence-corrected chi connectivity index (χ3v) is 7.82. The summed E-state index contributed by atoms with van der Waals surface area (Å²) >= 11 is 0. The van der Waals surface area contributed by atoms with Gasteiger partial charge >= 0.3 is 6.09 Å². The number of benzene rings is 1. The molecule has 1 aromatic rings. The minimum atomic E-state index is -0.518. The van der Waals surface area contributed by atoms with E-state index in [-0.39, 0.29) is 42.7 Å². The summed E-state index contributed by atoms with van der Waals surface area (Å²) in [6, 6.07) is 5.78. The molecule has 1 N–H and O–H groups in total. The van der Waals surface area contributed by atoms with E-state index in [9.17, 15) is 9.59 Å². The van der Waals surface area contributed by atoms with Gasteiger partial charge in [-0.2, -0.15) is 0 Å². The molecular formula is C30H44N2O6. The standard InChI is InChI=1S/C30H44N2O6/c1-19(2)9-8-13-30(6)23-15-20-17-32(28(34)38-29(3,4)5)14-12-24(20)36-27(23)22-11-10-21(16-25(22)37-30)35-18-26(33)31-7/h9-11,16,20,23-24,27H,8,12-15,17-18H2,1-7H3,(H,31,33)/t20-,23-,24-,27+,30+/m0/s1. The molecule has 5 atom stereocenters. The van der Waals surface area contributed by atoms with Crippen molar-refractivity contribution in [1.82, 2.24) is 10.2 Å². The summed E-state index contributed by atoms with van der Waals surface area (Å²) in [6.45, 7) is 13.3. The van der Waals surface area contributed by atoms with Gasteiger partial charge in [0.05, 0.1) is 12.2 Å². The van der Waals surface area contributed by atoms with Gasteiger partial charge in [-0.3, -0.25) is 4.79 Å². The number of nitrogens with zero attached hydrogens (tertiary/aromatic N) is 1. The van der Waals surface area contributed by atoms with Crippen LogP contribution in [-0.2, 0) is 14.3 Å². The van der Waals surface area contributed by atoms with Gasteiger partial charge in [0.2, 0.25) is 0 Å². The predicted molar refractivity (Wildman–Crippen MR) is 145 cm³/mol. The Morgan fingerprint density at radius 1 is 1.26 bits per heavy atom. The highest BCUT2D eigenvalue weighted by molar-refractivity contribution is 5.77. The van der Waals surface area contributed by atoms with Gasteiger partial charge in [0.15, 0.2) is 6.61 Å². The van der Waals surface area contributed by atoms with Gasteiger partial charge in [0.1, 0.15) is 22.7 Å². The van der Waals surface area contributed by atoms with Crippen LogP contribution in [0, 0.1) is 11.8 Å². The van der Waals surface area contributed by atoms with Crippen molar-refractivity contribution < 1.29 is 28.5 Å². The monoisotopic (exact) mass is 528 g/mol. The Morgan fingerprint density at radius 2 is 2.03 bits per heavy atom. The maximum atomic E-state index is 12.8. The van der Waals surface area contributed by atoms with Gasteiger partial charge in [-0.15, -0.1) is 0 Å². The second-order valence-corrected chi connectivity index (χ2v) is 12.3. The molecule has 3 aliphatic heterocycles. The van der Waals surface area contributed by atoms with Crippen LogP contribution in [0.2, 0.25) is 0 Å². The van der Waals surface area contributed by atoms with Crippen LogP contribution in [0.5, 0.6) is 11.5 Å². The van der Waals surface area contributed by atoms with Gasteiger partial charge in [0.25, 0.3) is 5.91 Å². The summed E-state index contributed by atoms with van der Waals surface area (Å²) in [5.41, 5.74) is 1.33. The molecule has 0 saturated carbocycles. The van der Waals surface area contributed by atoms with Gasteiger partial charge in [-0.1, -0.05) is 11.6 Å². The van der Waals surface area contributed by atoms with Crippen molar-refractivity contribution in [3.63, 3.8) is 0 Å². The van der Waals surface area contributed by atoms with Crippen molar-refractivity contribution in [2.45, 2.75) is 90.6 Å². The van der Waals surface area contributed by atoms with Crippen molar-refractivity contribution in [1.29, 1.82) is 0 Å². The molecule has 4 rings (SSSR count). The maximum Gasteiger partial charge on any atom is 0.410 e. The molecule has 3 aliphatic rings. The lowest BCUT2D eigenvalue weighted by molar-refractivity contribution is -0.191. The first-order chi connectivity index (χ1) is 17.9. The summed E-state index contributed by atoms with van der Waals surface area (Å²) in [7, 11) is 1.59. The van der Waals surface area contributed by atoms with Crippen LogP contribution in [-0.4, -0.2) is 61.0 Å². The van der Waals surface area contributed by atoms with E-state index < -0.39 is 11.2 Å². The molecule has 0 radical (unpaired) electrons. The first-order valence-electron chi connectivity index (χ1n) is 13.8. The van der Waals surface area contributed by atoms with E-state index in [1.165, 1.54) is 5.57 Å². The van der Waals surface area contributed by atoms with Crippen LogP contribution in [0.1, 0.15) is 78.9 Å². The zero-order valence-electron chi connectivity index (χ0n) is 24.0. The molecule has 0 spiro atoms. The van der Waals surface area contributed by atoms with E-state index in [2.05, 4.69) is 32.2 Å². The molecule has 2 saturated heterocycles. The summed E-state index contributed by atoms with van der Waals surface area (Å²) in [6.07, 6.45) is 5.42. The smallest absolute Gasteiger partial charge is 0.410 e. The van der Waals surface area contributed by atoms with Gasteiger partial charge < -0.3 is 29.2 Å². The number of amides is 2. The van der Waals surface area contributed by atoms with Crippen LogP contribution < -0.4 is 14.8 Å². The molecule has 8 heteroatoms. The van der Waals surface area contributed by atoms with E-state index in [1.54, 1.807) is 7.05 Å². The number of likely N-dealkylation sites (N-methyl/N-ethyl adjacent to an activating group) is 1. The third-order valence-electron chi connectivity index (χ3n) is 7.82. The van der Waals surface area contributed by atoms with Crippen LogP contribution in [0.15, 0.2) is 29.8 Å². The number of fused-ring (bicyclic) bond motifs is 4. The normalized spacial score (nSPS) is 28.1. The number of rotatable bonds is 6. The number of ether oxygens (including phenoxy) is 4. The summed E-state index contributed by atoms with van der Waals surface area (Å²) in [5.74, 6) is 1.52. The Morgan fingerprint density at radius 3 is 2.71 bits per heavy atom. The fourth-order valence-electron chi connectivity index (χ4n) is 5.86. The van der Waals surface area contributed by atoms with Crippen LogP contribution >= 0.6 is 0 Å². The highest BCUT2D eigenvalue weighted by Gasteiger charge is 2.53. The fraction of sp³-hybridized carbons (Fsp3) is 0.667. The second-order valence-electron chi connectivity index (χ2n) is 12.3. The predicted octanol–water partition coefficient (Wildman–Crippen LogP) is 5.41. The van der Waals surface area contributed by atoms with E-state index in [0.29, 0.717) is 18.8 Å². The van der Waals surface area contributed by atoms with Crippen LogP contribution in [0.25, 0.3) is 0 Å². The fourth-order valence-corrected chi connectivity index (χ4v) is 5.86. The minimum absolute atomic E-state index is 0.0480. The number of nitrogens with one attached hydrogen (secondary N) is 1. The van der Waals surface area contributed by atoms with Crippen LogP contribution in [0.3, 0.4) is 0 Å². The SMILES string of the molecule is CNC(=O)COc1ccc2c(c1)O[C@](C)(CCC=C(C)C)[C@H]1C[C@H]3CN(C(=O)OC(C)(C)C)CC[C@@H]3O[C@H]21. The van der Waals surface area contributed by atoms with E-state index >= 15 is 0 Å². The average Bonchev–Trinajstić information content (AvgIpc) is 2.84. The highest BCUT2D eigenvalue weighted by atomic mass is 16.6. The van der Waals surface area contributed by atoms with Crippen molar-refractivity contribution >= 4 is 12.0 Å². The summed E-state index contributed by atoms with van der Waals surface area (Å²) in [4.78, 5) is 26.3. The largest absolute Gasteiger partial charge is 0.487 e. The molecule has 0 unspecified atom stereocenters. The Hall–Kier alpha value is -2.74. The van der Waals surface area contributed by atoms with E-state index in [1.807, 2.05) is 43.9 Å². The van der Waals surface area contributed by atoms with Crippen LogP contribution in [0.4, 0.5) is 4.79 Å². The van der Waals surface area contributed by atoms with Crippen molar-refractivity contribution in [3.05, 3.63) is 35.4 Å². The molecule has 0 aliphatic carbocycles. The molecule has 2 fully saturated rings. The molecule has 0 aromatic heterocycles. The Kier molecular flexibility index (Phi) is 8.31. The highest BCUT2D eigenvalue weighted by Crippen LogP contribution is 2.54. The van der Waals surface area contributed by atoms with Gasteiger partial charge in [-0.25, -0.2) is 4.79 Å². The third kappa shape index (κ3) is 6.45. The summed E-state index contributed by atoms with van der Waals surface area (Å²) in [5, 5.41) is 2.57. The van der Waals surface area contributed by atoms with Crippen molar-refractivity contribution in [3.8, 4) is 11.5 Å². The van der Waals surface area contributed by atoms with Gasteiger partial charge in [-0.05, 0) is 79.4 Å². The number of allylic oxidation sites excluding steroid dienone is 2. The van der Waals surface area contributed by atoms with E-state index in [0.717, 1.165) is 37.0 Å².